The van der Waals surface area contributed by atoms with Gasteiger partial charge in [0.25, 0.3) is 5.91 Å². The minimum atomic E-state index is 0.0491. The first-order chi connectivity index (χ1) is 20.7. The van der Waals surface area contributed by atoms with Crippen molar-refractivity contribution in [3.63, 3.8) is 0 Å². The van der Waals surface area contributed by atoms with E-state index in [0.717, 1.165) is 73.7 Å². The summed E-state index contributed by atoms with van der Waals surface area (Å²) in [5, 5.41) is 7.29. The number of hydrogen-bond donors (Lipinski definition) is 2. The van der Waals surface area contributed by atoms with Gasteiger partial charge in [0.05, 0.1) is 11.0 Å². The second-order valence-corrected chi connectivity index (χ2v) is 13.2. The third kappa shape index (κ3) is 9.65. The smallest absolute Gasteiger partial charge is 0.253 e. The van der Waals surface area contributed by atoms with Gasteiger partial charge < -0.3 is 20.1 Å². The van der Waals surface area contributed by atoms with Crippen molar-refractivity contribution >= 4 is 34.4 Å². The minimum absolute atomic E-state index is 0.0491. The average Bonchev–Trinajstić information content (AvgIpc) is 3.12. The van der Waals surface area contributed by atoms with Gasteiger partial charge in [-0.3, -0.25) is 9.59 Å². The second-order valence-electron chi connectivity index (χ2n) is 13.2. The third-order valence-electron chi connectivity index (χ3n) is 8.63. The highest BCUT2D eigenvalue weighted by Gasteiger charge is 2.20. The molecule has 1 aliphatic carbocycles. The Bertz CT molecular complexity index is 1310. The molecule has 0 bridgehead atoms. The number of rotatable bonds is 15. The van der Waals surface area contributed by atoms with E-state index in [2.05, 4.69) is 42.9 Å². The zero-order valence-electron chi connectivity index (χ0n) is 27.1. The number of carbonyl (C=O) groups is 2. The largest absolute Gasteiger partial charge is 0.339 e. The molecule has 7 nitrogen and oxygen atoms in total. The van der Waals surface area contributed by atoms with E-state index in [0.29, 0.717) is 23.4 Å². The molecule has 1 aliphatic rings. The van der Waals surface area contributed by atoms with Crippen LogP contribution in [0.15, 0.2) is 42.5 Å². The molecule has 0 atom stereocenters. The molecular weight excluding hydrogens is 534 g/mol. The summed E-state index contributed by atoms with van der Waals surface area (Å²) in [6, 6.07) is 14.1. The molecule has 1 saturated carbocycles. The molecule has 0 saturated heterocycles. The van der Waals surface area contributed by atoms with E-state index in [9.17, 15) is 9.59 Å². The van der Waals surface area contributed by atoms with E-state index in [1.807, 2.05) is 47.4 Å². The number of imidazole rings is 1. The van der Waals surface area contributed by atoms with Gasteiger partial charge in [0, 0.05) is 42.5 Å². The Morgan fingerprint density at radius 1 is 0.907 bits per heavy atom. The van der Waals surface area contributed by atoms with Crippen LogP contribution in [0, 0.1) is 11.8 Å². The molecule has 2 aromatic carbocycles. The summed E-state index contributed by atoms with van der Waals surface area (Å²) in [4.78, 5) is 32.6. The van der Waals surface area contributed by atoms with Crippen molar-refractivity contribution in [1.82, 2.24) is 19.8 Å². The van der Waals surface area contributed by atoms with Crippen LogP contribution >= 0.6 is 0 Å². The maximum atomic E-state index is 13.8. The number of Topliss-reactive ketones (excluding diaryl/α,β-unsaturated/α-hetero) is 1. The van der Waals surface area contributed by atoms with Gasteiger partial charge in [0.1, 0.15) is 0 Å². The standard InChI is InChI=1S/C36H53N5O2/c1-26(2)19-23-40(24-20-27(3)4)35(43)30-15-18-33-34(25-30)41(22-10-21-37-31-11-8-6-7-9-12-31)36(39-33)38-32-16-13-29(14-17-32)28(5)42/h13-18,25-27,31,37H,6-12,19-24H2,1-5H3,(H,38,39). The Hall–Kier alpha value is -3.19. The number of amides is 1. The predicted molar refractivity (Wildman–Crippen MR) is 178 cm³/mol. The molecule has 3 aromatic rings. The third-order valence-corrected chi connectivity index (χ3v) is 8.63. The van der Waals surface area contributed by atoms with Crippen LogP contribution in [0.5, 0.6) is 0 Å². The molecule has 234 valence electrons. The van der Waals surface area contributed by atoms with Crippen LogP contribution in [0.2, 0.25) is 0 Å². The van der Waals surface area contributed by atoms with Crippen molar-refractivity contribution in [2.75, 3.05) is 25.0 Å². The Kier molecular flexibility index (Phi) is 12.2. The number of nitrogens with one attached hydrogen (secondary N) is 2. The highest BCUT2D eigenvalue weighted by atomic mass is 16.2. The van der Waals surface area contributed by atoms with Crippen LogP contribution in [-0.2, 0) is 6.54 Å². The van der Waals surface area contributed by atoms with Crippen molar-refractivity contribution in [3.05, 3.63) is 53.6 Å². The summed E-state index contributed by atoms with van der Waals surface area (Å²) >= 11 is 0. The van der Waals surface area contributed by atoms with Gasteiger partial charge in [-0.05, 0) is 99.9 Å². The number of benzene rings is 2. The van der Waals surface area contributed by atoms with Crippen molar-refractivity contribution in [1.29, 1.82) is 0 Å². The number of nitrogens with zero attached hydrogens (tertiary/aromatic N) is 3. The van der Waals surface area contributed by atoms with E-state index in [-0.39, 0.29) is 11.7 Å². The van der Waals surface area contributed by atoms with E-state index < -0.39 is 0 Å². The molecule has 1 amide bonds. The number of ketones is 1. The minimum Gasteiger partial charge on any atom is -0.339 e. The molecule has 1 aromatic heterocycles. The van der Waals surface area contributed by atoms with Gasteiger partial charge in [-0.2, -0.15) is 0 Å². The van der Waals surface area contributed by atoms with E-state index in [1.54, 1.807) is 6.92 Å². The summed E-state index contributed by atoms with van der Waals surface area (Å²) in [5.74, 6) is 1.99. The number of aryl methyl sites for hydroxylation is 1. The summed E-state index contributed by atoms with van der Waals surface area (Å²) in [6.07, 6.45) is 10.9. The number of aromatic nitrogens is 2. The Morgan fingerprint density at radius 3 is 2.14 bits per heavy atom. The molecule has 43 heavy (non-hydrogen) atoms. The molecule has 0 unspecified atom stereocenters. The molecule has 1 fully saturated rings. The molecule has 4 rings (SSSR count). The molecular formula is C36H53N5O2. The van der Waals surface area contributed by atoms with Gasteiger partial charge in [-0.1, -0.05) is 53.4 Å². The molecule has 0 spiro atoms. The second kappa shape index (κ2) is 16.0. The first-order valence-electron chi connectivity index (χ1n) is 16.6. The van der Waals surface area contributed by atoms with Gasteiger partial charge in [-0.25, -0.2) is 4.98 Å². The zero-order valence-corrected chi connectivity index (χ0v) is 27.1. The Balaban J connectivity index is 1.58. The van der Waals surface area contributed by atoms with Crippen LogP contribution in [-0.4, -0.2) is 51.8 Å². The lowest BCUT2D eigenvalue weighted by molar-refractivity contribution is 0.0740. The number of carbonyl (C=O) groups excluding carboxylic acids is 2. The molecule has 7 heteroatoms. The summed E-state index contributed by atoms with van der Waals surface area (Å²) in [6.45, 7) is 13.7. The van der Waals surface area contributed by atoms with Crippen molar-refractivity contribution in [3.8, 4) is 0 Å². The molecule has 1 heterocycles. The maximum absolute atomic E-state index is 13.8. The predicted octanol–water partition coefficient (Wildman–Crippen LogP) is 8.22. The van der Waals surface area contributed by atoms with Crippen LogP contribution in [0.25, 0.3) is 11.0 Å². The number of fused-ring (bicyclic) bond motifs is 1. The summed E-state index contributed by atoms with van der Waals surface area (Å²) < 4.78 is 2.21. The first kappa shape index (κ1) is 32.7. The van der Waals surface area contributed by atoms with E-state index in [1.165, 1.54) is 38.5 Å². The maximum Gasteiger partial charge on any atom is 0.253 e. The SMILES string of the molecule is CC(=O)c1ccc(Nc2nc3ccc(C(=O)N(CCC(C)C)CCC(C)C)cc3n2CCCNC2CCCCCC2)cc1. The Morgan fingerprint density at radius 2 is 1.53 bits per heavy atom. The summed E-state index contributed by atoms with van der Waals surface area (Å²) in [5.41, 5.74) is 4.12. The normalized spacial score (nSPS) is 14.4. The highest BCUT2D eigenvalue weighted by Crippen LogP contribution is 2.26. The van der Waals surface area contributed by atoms with Crippen LogP contribution in [0.1, 0.15) is 113 Å². The topological polar surface area (TPSA) is 79.3 Å². The van der Waals surface area contributed by atoms with E-state index >= 15 is 0 Å². The number of anilines is 2. The number of hydrogen-bond acceptors (Lipinski definition) is 5. The van der Waals surface area contributed by atoms with Gasteiger partial charge in [-0.15, -0.1) is 0 Å². The van der Waals surface area contributed by atoms with E-state index in [4.69, 9.17) is 4.98 Å². The Labute approximate surface area is 258 Å². The average molecular weight is 588 g/mol. The fourth-order valence-electron chi connectivity index (χ4n) is 5.85. The van der Waals surface area contributed by atoms with Crippen LogP contribution < -0.4 is 10.6 Å². The molecule has 0 radical (unpaired) electrons. The lowest BCUT2D eigenvalue weighted by atomic mass is 10.1. The zero-order chi connectivity index (χ0) is 30.8. The van der Waals surface area contributed by atoms with Gasteiger partial charge in [0.2, 0.25) is 5.95 Å². The summed E-state index contributed by atoms with van der Waals surface area (Å²) in [7, 11) is 0. The lowest BCUT2D eigenvalue weighted by Crippen LogP contribution is -2.34. The molecule has 0 aliphatic heterocycles. The first-order valence-corrected chi connectivity index (χ1v) is 16.6. The van der Waals surface area contributed by atoms with Gasteiger partial charge in [0.15, 0.2) is 5.78 Å². The molecule has 2 N–H and O–H groups in total. The van der Waals surface area contributed by atoms with Crippen molar-refractivity contribution in [2.45, 2.75) is 105 Å². The van der Waals surface area contributed by atoms with Gasteiger partial charge >= 0.3 is 0 Å². The highest BCUT2D eigenvalue weighted by molar-refractivity contribution is 5.98. The van der Waals surface area contributed by atoms with Crippen molar-refractivity contribution < 1.29 is 9.59 Å². The lowest BCUT2D eigenvalue weighted by Gasteiger charge is -2.24. The van der Waals surface area contributed by atoms with Crippen molar-refractivity contribution in [2.24, 2.45) is 11.8 Å². The fourth-order valence-corrected chi connectivity index (χ4v) is 5.85. The monoisotopic (exact) mass is 587 g/mol. The fraction of sp³-hybridized carbons (Fsp3) is 0.583. The van der Waals surface area contributed by atoms with Crippen LogP contribution in [0.3, 0.4) is 0 Å². The quantitative estimate of drug-likeness (QED) is 0.106. The van der Waals surface area contributed by atoms with Crippen LogP contribution in [0.4, 0.5) is 11.6 Å².